The molecule has 5 rings (SSSR count). The number of halogens is 3. The van der Waals surface area contributed by atoms with Gasteiger partial charge in [-0.25, -0.2) is 0 Å². The van der Waals surface area contributed by atoms with Gasteiger partial charge >= 0.3 is 6.61 Å². The Morgan fingerprint density at radius 2 is 1.90 bits per heavy atom. The third-order valence-electron chi connectivity index (χ3n) is 8.29. The molecule has 8 nitrogen and oxygen atoms in total. The highest BCUT2D eigenvalue weighted by Gasteiger charge is 2.48. The number of hydrogen-bond donors (Lipinski definition) is 2. The predicted octanol–water partition coefficient (Wildman–Crippen LogP) is 5.27. The number of H-pyrrole nitrogens is 1. The molecule has 12 heteroatoms. The molecule has 1 aromatic heterocycles. The summed E-state index contributed by atoms with van der Waals surface area (Å²) >= 11 is 8.04. The van der Waals surface area contributed by atoms with Gasteiger partial charge in [-0.2, -0.15) is 8.78 Å². The molecule has 1 amide bonds. The molecule has 1 atom stereocenters. The number of nitrogens with zero attached hydrogens (tertiary/aromatic N) is 1. The van der Waals surface area contributed by atoms with E-state index in [2.05, 4.69) is 19.9 Å². The van der Waals surface area contributed by atoms with Gasteiger partial charge in [-0.1, -0.05) is 11.6 Å². The lowest BCUT2D eigenvalue weighted by Gasteiger charge is -2.47. The summed E-state index contributed by atoms with van der Waals surface area (Å²) in [6.07, 6.45) is 4.99. The first-order valence-electron chi connectivity index (χ1n) is 13.4. The quantitative estimate of drug-likeness (QED) is 0.401. The van der Waals surface area contributed by atoms with Crippen LogP contribution in [0.5, 0.6) is 11.5 Å². The first-order valence-corrected chi connectivity index (χ1v) is 15.0. The molecule has 0 radical (unpaired) electrons. The maximum atomic E-state index is 13.2. The Balaban J connectivity index is 1.23. The number of pyridine rings is 1. The SMILES string of the molecule is CSc1cc(C)[nH]c(=O)c1CNC(=O)c1cc(Cl)c2c(c1C)OC(C)(C1CCC(N3CC(OC(F)F)C3)CC1)O2. The number of ether oxygens (including phenoxy) is 3. The van der Waals surface area contributed by atoms with Crippen molar-refractivity contribution in [2.75, 3.05) is 19.3 Å². The number of aromatic nitrogens is 1. The molecule has 1 saturated carbocycles. The lowest BCUT2D eigenvalue weighted by molar-refractivity contribution is -0.203. The highest BCUT2D eigenvalue weighted by Crippen LogP contribution is 2.52. The van der Waals surface area contributed by atoms with Crippen molar-refractivity contribution in [3.05, 3.63) is 49.9 Å². The first-order chi connectivity index (χ1) is 19.0. The van der Waals surface area contributed by atoms with Gasteiger partial charge in [0, 0.05) is 65.8 Å². The number of benzene rings is 1. The second kappa shape index (κ2) is 11.5. The van der Waals surface area contributed by atoms with Crippen LogP contribution >= 0.6 is 23.4 Å². The molecule has 3 aliphatic rings. The number of amides is 1. The molecule has 1 aliphatic carbocycles. The Hall–Kier alpha value is -2.34. The summed E-state index contributed by atoms with van der Waals surface area (Å²) in [4.78, 5) is 31.5. The van der Waals surface area contributed by atoms with E-state index in [1.165, 1.54) is 11.8 Å². The molecular weight excluding hydrogens is 564 g/mol. The van der Waals surface area contributed by atoms with Crippen LogP contribution in [0.2, 0.25) is 5.02 Å². The number of aryl methyl sites for hydroxylation is 1. The van der Waals surface area contributed by atoms with Crippen LogP contribution in [0.3, 0.4) is 0 Å². The monoisotopic (exact) mass is 597 g/mol. The molecule has 1 saturated heterocycles. The Kier molecular flexibility index (Phi) is 8.39. The van der Waals surface area contributed by atoms with Crippen molar-refractivity contribution in [3.8, 4) is 11.5 Å². The summed E-state index contributed by atoms with van der Waals surface area (Å²) in [6, 6.07) is 3.79. The summed E-state index contributed by atoms with van der Waals surface area (Å²) in [5, 5.41) is 3.14. The van der Waals surface area contributed by atoms with E-state index in [9.17, 15) is 18.4 Å². The van der Waals surface area contributed by atoms with Crippen molar-refractivity contribution in [2.24, 2.45) is 5.92 Å². The molecule has 0 spiro atoms. The number of alkyl halides is 2. The zero-order valence-corrected chi connectivity index (χ0v) is 24.5. The number of rotatable bonds is 8. The van der Waals surface area contributed by atoms with E-state index in [1.54, 1.807) is 13.0 Å². The standard InChI is InChI=1S/C28H34ClF2N3O5S/c1-14-9-22(40-4)20(26(36)33-14)11-32-25(35)19-10-21(29)24-23(15(19)2)38-28(3,39-24)16-5-7-17(8-6-16)34-12-18(13-34)37-27(30)31/h9-10,16-18,27H,5-8,11-13H2,1-4H3,(H,32,35)(H,33,36). The zero-order chi connectivity index (χ0) is 28.8. The highest BCUT2D eigenvalue weighted by atomic mass is 35.5. The van der Waals surface area contributed by atoms with Crippen LogP contribution < -0.4 is 20.3 Å². The summed E-state index contributed by atoms with van der Waals surface area (Å²) in [5.74, 6) is -0.327. The van der Waals surface area contributed by atoms with Crippen molar-refractivity contribution in [1.82, 2.24) is 15.2 Å². The van der Waals surface area contributed by atoms with E-state index in [0.29, 0.717) is 47.3 Å². The van der Waals surface area contributed by atoms with Gasteiger partial charge in [0.1, 0.15) is 0 Å². The highest BCUT2D eigenvalue weighted by molar-refractivity contribution is 7.98. The number of likely N-dealkylation sites (tertiary alicyclic amines) is 1. The topological polar surface area (TPSA) is 92.9 Å². The van der Waals surface area contributed by atoms with Crippen LogP contribution in [-0.2, 0) is 11.3 Å². The van der Waals surface area contributed by atoms with Crippen molar-refractivity contribution >= 4 is 29.3 Å². The van der Waals surface area contributed by atoms with Crippen molar-refractivity contribution < 1.29 is 27.8 Å². The van der Waals surface area contributed by atoms with Gasteiger partial charge < -0.3 is 24.5 Å². The van der Waals surface area contributed by atoms with Crippen LogP contribution in [0.4, 0.5) is 8.78 Å². The summed E-state index contributed by atoms with van der Waals surface area (Å²) < 4.78 is 42.2. The van der Waals surface area contributed by atoms with Crippen LogP contribution in [0.1, 0.15) is 59.8 Å². The fourth-order valence-electron chi connectivity index (χ4n) is 6.01. The second-order valence-electron chi connectivity index (χ2n) is 10.9. The number of hydrogen-bond acceptors (Lipinski definition) is 7. The molecular formula is C28H34ClF2N3O5S. The van der Waals surface area contributed by atoms with E-state index in [1.807, 2.05) is 26.2 Å². The minimum atomic E-state index is -2.73. The Labute approximate surface area is 241 Å². The van der Waals surface area contributed by atoms with E-state index in [-0.39, 0.29) is 29.0 Å². The molecule has 0 bridgehead atoms. The van der Waals surface area contributed by atoms with Gasteiger partial charge in [-0.3, -0.25) is 14.5 Å². The average Bonchev–Trinajstić information content (AvgIpc) is 3.26. The van der Waals surface area contributed by atoms with Gasteiger partial charge in [0.2, 0.25) is 0 Å². The number of carbonyl (C=O) groups excluding carboxylic acids is 1. The molecule has 40 heavy (non-hydrogen) atoms. The number of aromatic amines is 1. The number of fused-ring (bicyclic) bond motifs is 1. The normalized spacial score (nSPS) is 24.8. The maximum Gasteiger partial charge on any atom is 0.345 e. The fraction of sp³-hybridized carbons (Fsp3) is 0.571. The van der Waals surface area contributed by atoms with E-state index in [0.717, 1.165) is 36.3 Å². The average molecular weight is 598 g/mol. The number of carbonyl (C=O) groups is 1. The Bertz CT molecular complexity index is 1340. The van der Waals surface area contributed by atoms with Crippen molar-refractivity contribution in [2.45, 2.75) is 82.4 Å². The summed E-state index contributed by atoms with van der Waals surface area (Å²) in [5.41, 5.74) is 1.99. The van der Waals surface area contributed by atoms with Crippen LogP contribution in [0, 0.1) is 19.8 Å². The van der Waals surface area contributed by atoms with Crippen LogP contribution in [-0.4, -0.2) is 59.7 Å². The number of nitrogens with one attached hydrogen (secondary N) is 2. The second-order valence-corrected chi connectivity index (χ2v) is 12.2. The lowest BCUT2D eigenvalue weighted by atomic mass is 9.80. The van der Waals surface area contributed by atoms with Gasteiger partial charge in [0.15, 0.2) is 11.5 Å². The molecule has 2 aliphatic heterocycles. The van der Waals surface area contributed by atoms with Crippen molar-refractivity contribution in [3.63, 3.8) is 0 Å². The first kappa shape index (κ1) is 29.2. The fourth-order valence-corrected chi connectivity index (χ4v) is 6.95. The van der Waals surface area contributed by atoms with Crippen LogP contribution in [0.15, 0.2) is 21.8 Å². The third kappa shape index (κ3) is 5.70. The molecule has 2 fully saturated rings. The van der Waals surface area contributed by atoms with Gasteiger partial charge in [-0.15, -0.1) is 11.8 Å². The zero-order valence-electron chi connectivity index (χ0n) is 22.9. The number of thioether (sulfide) groups is 1. The predicted molar refractivity (Wildman–Crippen MR) is 149 cm³/mol. The molecule has 1 unspecified atom stereocenters. The smallest absolute Gasteiger partial charge is 0.345 e. The summed E-state index contributed by atoms with van der Waals surface area (Å²) in [6.45, 7) is 3.92. The van der Waals surface area contributed by atoms with Gasteiger partial charge in [-0.05, 0) is 57.9 Å². The lowest BCUT2D eigenvalue weighted by Crippen LogP contribution is -2.58. The molecule has 2 aromatic rings. The van der Waals surface area contributed by atoms with Crippen LogP contribution in [0.25, 0.3) is 0 Å². The minimum Gasteiger partial charge on any atom is -0.448 e. The van der Waals surface area contributed by atoms with E-state index < -0.39 is 18.5 Å². The Morgan fingerprint density at radius 3 is 2.55 bits per heavy atom. The molecule has 218 valence electrons. The molecule has 3 heterocycles. The Morgan fingerprint density at radius 1 is 1.23 bits per heavy atom. The van der Waals surface area contributed by atoms with Gasteiger partial charge in [0.05, 0.1) is 11.1 Å². The van der Waals surface area contributed by atoms with Crippen molar-refractivity contribution in [1.29, 1.82) is 0 Å². The summed E-state index contributed by atoms with van der Waals surface area (Å²) in [7, 11) is 0. The molecule has 1 aromatic carbocycles. The van der Waals surface area contributed by atoms with E-state index >= 15 is 0 Å². The largest absolute Gasteiger partial charge is 0.448 e. The maximum absolute atomic E-state index is 13.2. The minimum absolute atomic E-state index is 0.0725. The van der Waals surface area contributed by atoms with E-state index in [4.69, 9.17) is 21.1 Å². The molecule has 2 N–H and O–H groups in total. The third-order valence-corrected chi connectivity index (χ3v) is 9.38. The van der Waals surface area contributed by atoms with Gasteiger partial charge in [0.25, 0.3) is 17.3 Å².